The van der Waals surface area contributed by atoms with Crippen LogP contribution in [0.25, 0.3) is 0 Å². The van der Waals surface area contributed by atoms with Gasteiger partial charge in [0.15, 0.2) is 0 Å². The third kappa shape index (κ3) is 4.35. The van der Waals surface area contributed by atoms with Crippen LogP contribution in [0, 0.1) is 0 Å². The van der Waals surface area contributed by atoms with Crippen LogP contribution in [0.15, 0.2) is 48.5 Å². The molecule has 0 amide bonds. The normalized spacial score (nSPS) is 12.7. The van der Waals surface area contributed by atoms with Crippen LogP contribution < -0.4 is 10.2 Å². The van der Waals surface area contributed by atoms with Gasteiger partial charge in [0.05, 0.1) is 22.7 Å². The molecule has 2 aromatic carbocycles. The summed E-state index contributed by atoms with van der Waals surface area (Å²) in [5, 5.41) is 3.56. The van der Waals surface area contributed by atoms with E-state index in [9.17, 15) is 0 Å². The van der Waals surface area contributed by atoms with Crippen molar-refractivity contribution in [1.82, 2.24) is 4.90 Å². The number of anilines is 4. The summed E-state index contributed by atoms with van der Waals surface area (Å²) >= 11 is 0. The Morgan fingerprint density at radius 1 is 0.760 bits per heavy atom. The number of hydrogen-bond donors (Lipinski definition) is 1. The van der Waals surface area contributed by atoms with Gasteiger partial charge in [-0.05, 0) is 56.7 Å². The predicted octanol–water partition coefficient (Wildman–Crippen LogP) is 5.78. The summed E-state index contributed by atoms with van der Waals surface area (Å²) < 4.78 is 0. The van der Waals surface area contributed by atoms with Crippen molar-refractivity contribution in [3.05, 3.63) is 48.5 Å². The van der Waals surface area contributed by atoms with E-state index in [4.69, 9.17) is 0 Å². The van der Waals surface area contributed by atoms with E-state index in [2.05, 4.69) is 77.5 Å². The Morgan fingerprint density at radius 2 is 1.32 bits per heavy atom. The van der Waals surface area contributed by atoms with E-state index in [-0.39, 0.29) is 0 Å². The van der Waals surface area contributed by atoms with Crippen LogP contribution in [0.1, 0.15) is 39.5 Å². The van der Waals surface area contributed by atoms with E-state index in [1.807, 2.05) is 0 Å². The SMILES string of the molecule is CCN(CC)CCCCCCN1c2ccccc2Nc2ccccc21. The molecule has 0 spiro atoms. The third-order valence-electron chi connectivity index (χ3n) is 5.16. The third-order valence-corrected chi connectivity index (χ3v) is 5.16. The van der Waals surface area contributed by atoms with Gasteiger partial charge in [0.25, 0.3) is 0 Å². The number of rotatable bonds is 9. The van der Waals surface area contributed by atoms with E-state index < -0.39 is 0 Å². The lowest BCUT2D eigenvalue weighted by Gasteiger charge is -2.34. The second-order valence-corrected chi connectivity index (χ2v) is 6.75. The number of unbranched alkanes of at least 4 members (excludes halogenated alkanes) is 3. The molecule has 0 aliphatic carbocycles. The summed E-state index contributed by atoms with van der Waals surface area (Å²) in [5.74, 6) is 0. The first-order valence-electron chi connectivity index (χ1n) is 9.78. The molecule has 1 heterocycles. The highest BCUT2D eigenvalue weighted by molar-refractivity contribution is 5.91. The molecule has 0 bridgehead atoms. The standard InChI is InChI=1S/C22H31N3/c1-3-24(4-2)17-11-5-6-12-18-25-21-15-9-7-13-19(21)23-20-14-8-10-16-22(20)25/h7-10,13-16,23H,3-6,11-12,17-18H2,1-2H3. The fourth-order valence-corrected chi connectivity index (χ4v) is 3.64. The van der Waals surface area contributed by atoms with Gasteiger partial charge in [-0.3, -0.25) is 0 Å². The average molecular weight is 338 g/mol. The Labute approximate surface area is 152 Å². The Hall–Kier alpha value is -2.00. The van der Waals surface area contributed by atoms with Gasteiger partial charge in [-0.2, -0.15) is 0 Å². The summed E-state index contributed by atoms with van der Waals surface area (Å²) in [6.07, 6.45) is 5.18. The molecule has 0 saturated carbocycles. The molecule has 134 valence electrons. The first-order chi connectivity index (χ1) is 12.3. The van der Waals surface area contributed by atoms with Gasteiger partial charge >= 0.3 is 0 Å². The minimum atomic E-state index is 1.08. The van der Waals surface area contributed by atoms with Gasteiger partial charge in [0.2, 0.25) is 0 Å². The van der Waals surface area contributed by atoms with Crippen molar-refractivity contribution in [2.75, 3.05) is 36.4 Å². The second-order valence-electron chi connectivity index (χ2n) is 6.75. The smallest absolute Gasteiger partial charge is 0.0650 e. The van der Waals surface area contributed by atoms with Crippen molar-refractivity contribution in [3.8, 4) is 0 Å². The molecule has 3 nitrogen and oxygen atoms in total. The number of fused-ring (bicyclic) bond motifs is 2. The first-order valence-corrected chi connectivity index (χ1v) is 9.78. The van der Waals surface area contributed by atoms with E-state index >= 15 is 0 Å². The van der Waals surface area contributed by atoms with Crippen LogP contribution in [-0.4, -0.2) is 31.1 Å². The molecule has 1 N–H and O–H groups in total. The zero-order chi connectivity index (χ0) is 17.5. The largest absolute Gasteiger partial charge is 0.352 e. The molecule has 0 atom stereocenters. The number of benzene rings is 2. The highest BCUT2D eigenvalue weighted by Crippen LogP contribution is 2.43. The maximum absolute atomic E-state index is 3.56. The van der Waals surface area contributed by atoms with E-state index in [1.165, 1.54) is 68.1 Å². The van der Waals surface area contributed by atoms with E-state index in [0.717, 1.165) is 6.54 Å². The Morgan fingerprint density at radius 3 is 1.92 bits per heavy atom. The van der Waals surface area contributed by atoms with Crippen LogP contribution in [-0.2, 0) is 0 Å². The summed E-state index contributed by atoms with van der Waals surface area (Å²) in [5.41, 5.74) is 5.01. The molecule has 3 heteroatoms. The maximum Gasteiger partial charge on any atom is 0.0650 e. The number of nitrogens with one attached hydrogen (secondary N) is 1. The summed E-state index contributed by atoms with van der Waals surface area (Å²) in [6.45, 7) is 9.18. The lowest BCUT2D eigenvalue weighted by atomic mass is 10.1. The molecule has 0 fully saturated rings. The van der Waals surface area contributed by atoms with Crippen LogP contribution in [0.5, 0.6) is 0 Å². The van der Waals surface area contributed by atoms with Gasteiger partial charge in [-0.25, -0.2) is 0 Å². The Kier molecular flexibility index (Phi) is 6.35. The van der Waals surface area contributed by atoms with Crippen LogP contribution in [0.4, 0.5) is 22.7 Å². The predicted molar refractivity (Wildman–Crippen MR) is 109 cm³/mol. The highest BCUT2D eigenvalue weighted by Gasteiger charge is 2.20. The van der Waals surface area contributed by atoms with Gasteiger partial charge in [-0.15, -0.1) is 0 Å². The minimum Gasteiger partial charge on any atom is -0.352 e. The van der Waals surface area contributed by atoms with Crippen LogP contribution in [0.3, 0.4) is 0 Å². The van der Waals surface area contributed by atoms with Crippen LogP contribution >= 0.6 is 0 Å². The second kappa shape index (κ2) is 8.91. The molecule has 1 aliphatic rings. The lowest BCUT2D eigenvalue weighted by Crippen LogP contribution is -2.24. The molecule has 0 unspecified atom stereocenters. The van der Waals surface area contributed by atoms with Crippen molar-refractivity contribution in [2.45, 2.75) is 39.5 Å². The zero-order valence-electron chi connectivity index (χ0n) is 15.7. The molecule has 0 aromatic heterocycles. The van der Waals surface area contributed by atoms with Crippen molar-refractivity contribution in [1.29, 1.82) is 0 Å². The Balaban J connectivity index is 1.56. The molecule has 3 rings (SSSR count). The van der Waals surface area contributed by atoms with E-state index in [0.29, 0.717) is 0 Å². The highest BCUT2D eigenvalue weighted by atomic mass is 15.2. The van der Waals surface area contributed by atoms with Gasteiger partial charge < -0.3 is 15.1 Å². The summed E-state index contributed by atoms with van der Waals surface area (Å²) in [7, 11) is 0. The fraction of sp³-hybridized carbons (Fsp3) is 0.455. The van der Waals surface area contributed by atoms with E-state index in [1.54, 1.807) is 0 Å². The molecule has 0 radical (unpaired) electrons. The molecule has 25 heavy (non-hydrogen) atoms. The molecule has 1 aliphatic heterocycles. The van der Waals surface area contributed by atoms with Gasteiger partial charge in [0, 0.05) is 6.54 Å². The molecule has 2 aromatic rings. The average Bonchev–Trinajstić information content (AvgIpc) is 2.66. The lowest BCUT2D eigenvalue weighted by molar-refractivity contribution is 0.295. The molecule has 0 saturated heterocycles. The monoisotopic (exact) mass is 337 g/mol. The summed E-state index contributed by atoms with van der Waals surface area (Å²) in [4.78, 5) is 4.99. The van der Waals surface area contributed by atoms with Crippen molar-refractivity contribution in [2.24, 2.45) is 0 Å². The van der Waals surface area contributed by atoms with Crippen molar-refractivity contribution < 1.29 is 0 Å². The van der Waals surface area contributed by atoms with Gasteiger partial charge in [-0.1, -0.05) is 51.0 Å². The first kappa shape index (κ1) is 17.8. The van der Waals surface area contributed by atoms with Crippen molar-refractivity contribution in [3.63, 3.8) is 0 Å². The molecular weight excluding hydrogens is 306 g/mol. The maximum atomic E-state index is 3.56. The number of nitrogens with zero attached hydrogens (tertiary/aromatic N) is 2. The number of hydrogen-bond acceptors (Lipinski definition) is 3. The minimum absolute atomic E-state index is 1.08. The fourth-order valence-electron chi connectivity index (χ4n) is 3.64. The quantitative estimate of drug-likeness (QED) is 0.585. The Bertz CT molecular complexity index is 618. The zero-order valence-corrected chi connectivity index (χ0v) is 15.7. The topological polar surface area (TPSA) is 18.5 Å². The van der Waals surface area contributed by atoms with Crippen molar-refractivity contribution >= 4 is 22.7 Å². The number of para-hydroxylation sites is 4. The van der Waals surface area contributed by atoms with Gasteiger partial charge in [0.1, 0.15) is 0 Å². The molecular formula is C22H31N3. The van der Waals surface area contributed by atoms with Crippen LogP contribution in [0.2, 0.25) is 0 Å². The summed E-state index contributed by atoms with van der Waals surface area (Å²) in [6, 6.07) is 17.2.